The van der Waals surface area contributed by atoms with Gasteiger partial charge < -0.3 is 5.32 Å². The molecule has 1 saturated carbocycles. The van der Waals surface area contributed by atoms with Crippen LogP contribution in [0.25, 0.3) is 0 Å². The Kier molecular flexibility index (Phi) is 8.77. The first kappa shape index (κ1) is 17.0. The van der Waals surface area contributed by atoms with Crippen LogP contribution in [0.1, 0.15) is 78.6 Å². The van der Waals surface area contributed by atoms with E-state index in [-0.39, 0.29) is 0 Å². The van der Waals surface area contributed by atoms with Crippen molar-refractivity contribution in [3.05, 3.63) is 0 Å². The van der Waals surface area contributed by atoms with Gasteiger partial charge >= 0.3 is 0 Å². The van der Waals surface area contributed by atoms with E-state index in [0.29, 0.717) is 0 Å². The van der Waals surface area contributed by atoms with Gasteiger partial charge in [-0.1, -0.05) is 59.3 Å². The molecule has 0 aromatic carbocycles. The summed E-state index contributed by atoms with van der Waals surface area (Å²) >= 11 is 0. The highest BCUT2D eigenvalue weighted by molar-refractivity contribution is 4.82. The third kappa shape index (κ3) is 5.85. The normalized spacial score (nSPS) is 29.4. The fourth-order valence-electron chi connectivity index (χ4n) is 4.02. The maximum absolute atomic E-state index is 3.43. The molecule has 4 unspecified atom stereocenters. The molecule has 1 aliphatic rings. The van der Waals surface area contributed by atoms with Gasteiger partial charge in [-0.2, -0.15) is 0 Å². The van der Waals surface area contributed by atoms with E-state index in [2.05, 4.69) is 33.1 Å². The first-order valence-corrected chi connectivity index (χ1v) is 8.89. The molecule has 1 aliphatic carbocycles. The molecule has 0 heterocycles. The minimum absolute atomic E-state index is 0.948. The molecule has 4 atom stereocenters. The predicted octanol–water partition coefficient (Wildman–Crippen LogP) is 5.25. The summed E-state index contributed by atoms with van der Waals surface area (Å²) in [5.41, 5.74) is 0. The van der Waals surface area contributed by atoms with Gasteiger partial charge in [0.1, 0.15) is 0 Å². The average molecular weight is 268 g/mol. The van der Waals surface area contributed by atoms with Gasteiger partial charge in [0.05, 0.1) is 0 Å². The Morgan fingerprint density at radius 2 is 1.89 bits per heavy atom. The van der Waals surface area contributed by atoms with Crippen molar-refractivity contribution >= 4 is 0 Å². The van der Waals surface area contributed by atoms with Crippen LogP contribution in [0.4, 0.5) is 0 Å². The molecule has 1 heteroatoms. The number of hydrogen-bond donors (Lipinski definition) is 1. The average Bonchev–Trinajstić information content (AvgIpc) is 2.45. The van der Waals surface area contributed by atoms with Crippen molar-refractivity contribution in [2.24, 2.45) is 23.7 Å². The fraction of sp³-hybridized carbons (Fsp3) is 1.00. The summed E-state index contributed by atoms with van der Waals surface area (Å²) in [5.74, 6) is 3.94. The molecule has 19 heavy (non-hydrogen) atoms. The fourth-order valence-corrected chi connectivity index (χ4v) is 4.02. The van der Waals surface area contributed by atoms with Gasteiger partial charge in [0.15, 0.2) is 0 Å². The summed E-state index contributed by atoms with van der Waals surface area (Å²) in [6, 6.07) is 0. The topological polar surface area (TPSA) is 12.0 Å². The van der Waals surface area contributed by atoms with Crippen LogP contribution in [0.2, 0.25) is 0 Å². The van der Waals surface area contributed by atoms with Crippen LogP contribution in [0, 0.1) is 23.7 Å². The van der Waals surface area contributed by atoms with E-state index in [1.807, 2.05) is 0 Å². The van der Waals surface area contributed by atoms with E-state index in [0.717, 1.165) is 23.7 Å². The molecule has 0 aliphatic heterocycles. The Morgan fingerprint density at radius 1 is 1.11 bits per heavy atom. The second-order valence-corrected chi connectivity index (χ2v) is 6.82. The van der Waals surface area contributed by atoms with Crippen molar-refractivity contribution in [2.75, 3.05) is 13.6 Å². The quantitative estimate of drug-likeness (QED) is 0.601. The summed E-state index contributed by atoms with van der Waals surface area (Å²) in [6.07, 6.45) is 13.0. The zero-order chi connectivity index (χ0) is 14.1. The van der Waals surface area contributed by atoms with Crippen LogP contribution < -0.4 is 5.32 Å². The van der Waals surface area contributed by atoms with E-state index < -0.39 is 0 Å². The van der Waals surface area contributed by atoms with Crippen LogP contribution in [0.5, 0.6) is 0 Å². The SMILES string of the molecule is CCCCC(CC)CC1CC(CC)CCC1CNC. The van der Waals surface area contributed by atoms with Crippen LogP contribution in [-0.4, -0.2) is 13.6 Å². The highest BCUT2D eigenvalue weighted by atomic mass is 14.8. The standard InChI is InChI=1S/C18H37N/c1-5-8-9-15(6-2)12-18-13-16(7-3)10-11-17(18)14-19-4/h15-19H,5-14H2,1-4H3. The van der Waals surface area contributed by atoms with E-state index in [1.54, 1.807) is 0 Å². The van der Waals surface area contributed by atoms with Gasteiger partial charge in [0, 0.05) is 0 Å². The Labute approximate surface area is 121 Å². The lowest BCUT2D eigenvalue weighted by Gasteiger charge is -2.38. The zero-order valence-corrected chi connectivity index (χ0v) is 13.9. The second-order valence-electron chi connectivity index (χ2n) is 6.82. The number of rotatable bonds is 9. The van der Waals surface area contributed by atoms with Gasteiger partial charge in [-0.05, 0) is 56.5 Å². The minimum Gasteiger partial charge on any atom is -0.319 e. The van der Waals surface area contributed by atoms with Crippen LogP contribution in [0.15, 0.2) is 0 Å². The predicted molar refractivity (Wildman–Crippen MR) is 86.5 cm³/mol. The highest BCUT2D eigenvalue weighted by Gasteiger charge is 2.30. The maximum atomic E-state index is 3.43. The highest BCUT2D eigenvalue weighted by Crippen LogP contribution is 2.39. The van der Waals surface area contributed by atoms with E-state index in [4.69, 9.17) is 0 Å². The largest absolute Gasteiger partial charge is 0.319 e. The first-order chi connectivity index (χ1) is 9.24. The Bertz CT molecular complexity index is 214. The molecule has 1 fully saturated rings. The number of unbranched alkanes of at least 4 members (excludes halogenated alkanes) is 1. The molecule has 1 rings (SSSR count). The lowest BCUT2D eigenvalue weighted by molar-refractivity contribution is 0.142. The van der Waals surface area contributed by atoms with E-state index in [9.17, 15) is 0 Å². The van der Waals surface area contributed by atoms with E-state index >= 15 is 0 Å². The van der Waals surface area contributed by atoms with Gasteiger partial charge in [0.2, 0.25) is 0 Å². The Morgan fingerprint density at radius 3 is 2.47 bits per heavy atom. The lowest BCUT2D eigenvalue weighted by atomic mass is 9.69. The van der Waals surface area contributed by atoms with Gasteiger partial charge in [0.25, 0.3) is 0 Å². The lowest BCUT2D eigenvalue weighted by Crippen LogP contribution is -2.33. The summed E-state index contributed by atoms with van der Waals surface area (Å²) in [4.78, 5) is 0. The molecular weight excluding hydrogens is 230 g/mol. The molecule has 0 aromatic rings. The molecule has 0 bridgehead atoms. The van der Waals surface area contributed by atoms with Crippen LogP contribution in [-0.2, 0) is 0 Å². The first-order valence-electron chi connectivity index (χ1n) is 8.89. The molecule has 0 aromatic heterocycles. The van der Waals surface area contributed by atoms with Crippen molar-refractivity contribution in [2.45, 2.75) is 78.6 Å². The van der Waals surface area contributed by atoms with Crippen LogP contribution >= 0.6 is 0 Å². The number of hydrogen-bond acceptors (Lipinski definition) is 1. The molecule has 114 valence electrons. The third-order valence-corrected chi connectivity index (χ3v) is 5.47. The summed E-state index contributed by atoms with van der Waals surface area (Å²) in [7, 11) is 2.12. The molecule has 0 amide bonds. The van der Waals surface area contributed by atoms with Crippen molar-refractivity contribution in [1.29, 1.82) is 0 Å². The maximum Gasteiger partial charge on any atom is -0.00209 e. The minimum atomic E-state index is 0.948. The molecule has 0 radical (unpaired) electrons. The molecule has 1 nitrogen and oxygen atoms in total. The Balaban J connectivity index is 2.51. The second kappa shape index (κ2) is 9.80. The van der Waals surface area contributed by atoms with Gasteiger partial charge in [-0.25, -0.2) is 0 Å². The summed E-state index contributed by atoms with van der Waals surface area (Å²) in [5, 5.41) is 3.43. The van der Waals surface area contributed by atoms with Gasteiger partial charge in [-0.15, -0.1) is 0 Å². The van der Waals surface area contributed by atoms with Crippen LogP contribution in [0.3, 0.4) is 0 Å². The molecule has 1 N–H and O–H groups in total. The number of nitrogens with one attached hydrogen (secondary N) is 1. The molecule has 0 spiro atoms. The van der Waals surface area contributed by atoms with Crippen molar-refractivity contribution in [3.63, 3.8) is 0 Å². The summed E-state index contributed by atoms with van der Waals surface area (Å²) < 4.78 is 0. The zero-order valence-electron chi connectivity index (χ0n) is 13.9. The van der Waals surface area contributed by atoms with Crippen molar-refractivity contribution < 1.29 is 0 Å². The molecular formula is C18H37N. The van der Waals surface area contributed by atoms with E-state index in [1.165, 1.54) is 64.3 Å². The van der Waals surface area contributed by atoms with Crippen molar-refractivity contribution in [1.82, 2.24) is 5.32 Å². The molecule has 0 saturated heterocycles. The monoisotopic (exact) mass is 267 g/mol. The summed E-state index contributed by atoms with van der Waals surface area (Å²) in [6.45, 7) is 8.34. The Hall–Kier alpha value is -0.0400. The van der Waals surface area contributed by atoms with Gasteiger partial charge in [-0.3, -0.25) is 0 Å². The van der Waals surface area contributed by atoms with Crippen molar-refractivity contribution in [3.8, 4) is 0 Å². The third-order valence-electron chi connectivity index (χ3n) is 5.47. The smallest absolute Gasteiger partial charge is 0.00209 e.